The van der Waals surface area contributed by atoms with Crippen molar-refractivity contribution >= 4 is 5.91 Å². The second-order valence-corrected chi connectivity index (χ2v) is 3.19. The van der Waals surface area contributed by atoms with Crippen molar-refractivity contribution in [1.82, 2.24) is 5.32 Å². The van der Waals surface area contributed by atoms with Crippen molar-refractivity contribution in [2.45, 2.75) is 20.8 Å². The van der Waals surface area contributed by atoms with E-state index in [1.165, 1.54) is 0 Å². The Balaban J connectivity index is 3.70. The van der Waals surface area contributed by atoms with E-state index >= 15 is 0 Å². The number of nitriles is 1. The summed E-state index contributed by atoms with van der Waals surface area (Å²) in [6.07, 6.45) is 0. The van der Waals surface area contributed by atoms with Gasteiger partial charge in [-0.25, -0.2) is 0 Å². The lowest BCUT2D eigenvalue weighted by molar-refractivity contribution is -0.127. The monoisotopic (exact) mass is 184 g/mol. The van der Waals surface area contributed by atoms with Crippen LogP contribution >= 0.6 is 0 Å². The molecule has 0 aromatic carbocycles. The number of nitrogens with zero attached hydrogens (tertiary/aromatic N) is 1. The van der Waals surface area contributed by atoms with Crippen LogP contribution in [0.1, 0.15) is 20.8 Å². The van der Waals surface area contributed by atoms with E-state index in [0.717, 1.165) is 0 Å². The first-order valence-electron chi connectivity index (χ1n) is 4.32. The van der Waals surface area contributed by atoms with Gasteiger partial charge in [0.2, 0.25) is 5.91 Å². The molecule has 0 bridgehead atoms. The highest BCUT2D eigenvalue weighted by Gasteiger charge is 2.26. The van der Waals surface area contributed by atoms with Gasteiger partial charge in [0.05, 0.1) is 12.7 Å². The van der Waals surface area contributed by atoms with E-state index in [2.05, 4.69) is 5.32 Å². The van der Waals surface area contributed by atoms with Crippen molar-refractivity contribution in [3.8, 4) is 6.07 Å². The van der Waals surface area contributed by atoms with Crippen LogP contribution in [0.5, 0.6) is 0 Å². The van der Waals surface area contributed by atoms with Crippen molar-refractivity contribution in [1.29, 1.82) is 5.26 Å². The molecule has 0 saturated heterocycles. The zero-order valence-corrected chi connectivity index (χ0v) is 8.39. The van der Waals surface area contributed by atoms with Crippen LogP contribution in [0.15, 0.2) is 0 Å². The van der Waals surface area contributed by atoms with Crippen LogP contribution in [0.2, 0.25) is 0 Å². The number of nitrogens with one attached hydrogen (secondary N) is 1. The van der Waals surface area contributed by atoms with E-state index in [1.807, 2.05) is 13.0 Å². The predicted octanol–water partition coefficient (Wildman–Crippen LogP) is 0.689. The van der Waals surface area contributed by atoms with Gasteiger partial charge in [-0.1, -0.05) is 0 Å². The average molecular weight is 184 g/mol. The molecule has 4 heteroatoms. The van der Waals surface area contributed by atoms with E-state index in [-0.39, 0.29) is 5.91 Å². The highest BCUT2D eigenvalue weighted by molar-refractivity contribution is 5.84. The van der Waals surface area contributed by atoms with Gasteiger partial charge in [0.1, 0.15) is 5.41 Å². The summed E-state index contributed by atoms with van der Waals surface area (Å²) in [6.45, 7) is 6.64. The van der Waals surface area contributed by atoms with Crippen LogP contribution < -0.4 is 5.32 Å². The molecule has 0 aliphatic carbocycles. The lowest BCUT2D eigenvalue weighted by atomic mass is 9.95. The van der Waals surface area contributed by atoms with E-state index < -0.39 is 5.41 Å². The number of hydrogen-bond donors (Lipinski definition) is 1. The number of amides is 1. The molecule has 0 spiro atoms. The number of carbonyl (C=O) groups excluding carboxylic acids is 1. The number of carbonyl (C=O) groups is 1. The fourth-order valence-corrected chi connectivity index (χ4v) is 0.653. The summed E-state index contributed by atoms with van der Waals surface area (Å²) in [5, 5.41) is 11.2. The van der Waals surface area contributed by atoms with Crippen LogP contribution in [-0.4, -0.2) is 25.7 Å². The Hall–Kier alpha value is -1.08. The second-order valence-electron chi connectivity index (χ2n) is 3.19. The smallest absolute Gasteiger partial charge is 0.239 e. The molecule has 0 aliphatic rings. The third-order valence-electron chi connectivity index (χ3n) is 1.58. The Morgan fingerprint density at radius 2 is 2.23 bits per heavy atom. The minimum atomic E-state index is -0.952. The third kappa shape index (κ3) is 4.48. The maximum atomic E-state index is 11.3. The van der Waals surface area contributed by atoms with Gasteiger partial charge in [0.25, 0.3) is 0 Å². The van der Waals surface area contributed by atoms with Gasteiger partial charge in [-0.15, -0.1) is 0 Å². The van der Waals surface area contributed by atoms with E-state index in [4.69, 9.17) is 10.00 Å². The van der Waals surface area contributed by atoms with E-state index in [9.17, 15) is 4.79 Å². The van der Waals surface area contributed by atoms with Crippen LogP contribution in [-0.2, 0) is 9.53 Å². The summed E-state index contributed by atoms with van der Waals surface area (Å²) < 4.78 is 5.03. The highest BCUT2D eigenvalue weighted by atomic mass is 16.5. The number of hydrogen-bond acceptors (Lipinski definition) is 3. The molecular weight excluding hydrogens is 168 g/mol. The average Bonchev–Trinajstić information content (AvgIpc) is 2.12. The SMILES string of the molecule is CCOCCNC(=O)C(C)(C)C#N. The first-order valence-corrected chi connectivity index (χ1v) is 4.32. The van der Waals surface area contributed by atoms with Crippen LogP contribution in [0.3, 0.4) is 0 Å². The molecule has 0 aromatic rings. The largest absolute Gasteiger partial charge is 0.380 e. The molecule has 0 saturated carbocycles. The molecule has 1 N–H and O–H groups in total. The van der Waals surface area contributed by atoms with Gasteiger partial charge in [0.15, 0.2) is 0 Å². The quantitative estimate of drug-likeness (QED) is 0.639. The fraction of sp³-hybridized carbons (Fsp3) is 0.778. The molecule has 0 fully saturated rings. The van der Waals surface area contributed by atoms with Gasteiger partial charge < -0.3 is 10.1 Å². The molecule has 0 aromatic heterocycles. The maximum absolute atomic E-state index is 11.3. The molecule has 74 valence electrons. The summed E-state index contributed by atoms with van der Waals surface area (Å²) in [7, 11) is 0. The number of rotatable bonds is 5. The lowest BCUT2D eigenvalue weighted by Gasteiger charge is -2.14. The highest BCUT2D eigenvalue weighted by Crippen LogP contribution is 2.11. The van der Waals surface area contributed by atoms with Crippen molar-refractivity contribution in [3.63, 3.8) is 0 Å². The summed E-state index contributed by atoms with van der Waals surface area (Å²) in [4.78, 5) is 11.3. The topological polar surface area (TPSA) is 62.1 Å². The summed E-state index contributed by atoms with van der Waals surface area (Å²) >= 11 is 0. The molecule has 0 radical (unpaired) electrons. The summed E-state index contributed by atoms with van der Waals surface area (Å²) in [6, 6.07) is 1.93. The van der Waals surface area contributed by atoms with Gasteiger partial charge >= 0.3 is 0 Å². The molecule has 4 nitrogen and oxygen atoms in total. The molecule has 1 amide bonds. The van der Waals surface area contributed by atoms with E-state index in [0.29, 0.717) is 19.8 Å². The Labute approximate surface area is 78.9 Å². The van der Waals surface area contributed by atoms with Crippen LogP contribution in [0.25, 0.3) is 0 Å². The molecule has 0 rings (SSSR count). The van der Waals surface area contributed by atoms with E-state index in [1.54, 1.807) is 13.8 Å². The third-order valence-corrected chi connectivity index (χ3v) is 1.58. The van der Waals surface area contributed by atoms with Gasteiger partial charge in [-0.3, -0.25) is 4.79 Å². The summed E-state index contributed by atoms with van der Waals surface area (Å²) in [5.74, 6) is -0.255. The Bertz CT molecular complexity index is 206. The Morgan fingerprint density at radius 1 is 1.62 bits per heavy atom. The Morgan fingerprint density at radius 3 is 2.69 bits per heavy atom. The van der Waals surface area contributed by atoms with Crippen molar-refractivity contribution in [2.24, 2.45) is 5.41 Å². The lowest BCUT2D eigenvalue weighted by Crippen LogP contribution is -2.37. The minimum Gasteiger partial charge on any atom is -0.380 e. The van der Waals surface area contributed by atoms with Crippen LogP contribution in [0.4, 0.5) is 0 Å². The molecular formula is C9H16N2O2. The molecule has 0 unspecified atom stereocenters. The molecule has 0 atom stereocenters. The Kier molecular flexibility index (Phi) is 5.09. The summed E-state index contributed by atoms with van der Waals surface area (Å²) in [5.41, 5.74) is -0.952. The standard InChI is InChI=1S/C9H16N2O2/c1-4-13-6-5-11-8(12)9(2,3)7-10/h4-6H2,1-3H3,(H,11,12). The first kappa shape index (κ1) is 11.9. The fourth-order valence-electron chi connectivity index (χ4n) is 0.653. The second kappa shape index (κ2) is 5.55. The minimum absolute atomic E-state index is 0.255. The molecule has 13 heavy (non-hydrogen) atoms. The van der Waals surface area contributed by atoms with Crippen molar-refractivity contribution in [2.75, 3.05) is 19.8 Å². The van der Waals surface area contributed by atoms with Crippen LogP contribution in [0, 0.1) is 16.7 Å². The normalized spacial score (nSPS) is 10.6. The van der Waals surface area contributed by atoms with Gasteiger partial charge in [-0.2, -0.15) is 5.26 Å². The van der Waals surface area contributed by atoms with Gasteiger partial charge in [0, 0.05) is 13.2 Å². The first-order chi connectivity index (χ1) is 6.04. The predicted molar refractivity (Wildman–Crippen MR) is 48.9 cm³/mol. The van der Waals surface area contributed by atoms with Crippen molar-refractivity contribution < 1.29 is 9.53 Å². The molecule has 0 aliphatic heterocycles. The zero-order chi connectivity index (χ0) is 10.3. The molecule has 0 heterocycles. The number of ether oxygens (including phenoxy) is 1. The van der Waals surface area contributed by atoms with Gasteiger partial charge in [-0.05, 0) is 20.8 Å². The maximum Gasteiger partial charge on any atom is 0.239 e. The van der Waals surface area contributed by atoms with Crippen molar-refractivity contribution in [3.05, 3.63) is 0 Å². The zero-order valence-electron chi connectivity index (χ0n) is 8.39.